The van der Waals surface area contributed by atoms with Crippen LogP contribution in [-0.2, 0) is 9.59 Å². The minimum atomic E-state index is -1.02. The Morgan fingerprint density at radius 2 is 2.00 bits per heavy atom. The molecule has 5 heteroatoms. The molecule has 1 aromatic carbocycles. The van der Waals surface area contributed by atoms with Gasteiger partial charge in [0.05, 0.1) is 0 Å². The Morgan fingerprint density at radius 1 is 1.32 bits per heavy atom. The summed E-state index contributed by atoms with van der Waals surface area (Å²) in [4.78, 5) is 24.7. The molecule has 1 saturated carbocycles. The third-order valence-corrected chi connectivity index (χ3v) is 3.62. The molecule has 1 aliphatic rings. The zero-order valence-corrected chi connectivity index (χ0v) is 11.3. The SMILES string of the molecule is O=C(O)CN(C(=O)C1CCCC1)c1cccc(Cl)c1. The van der Waals surface area contributed by atoms with Crippen LogP contribution in [0, 0.1) is 5.92 Å². The van der Waals surface area contributed by atoms with Crippen molar-refractivity contribution in [2.75, 3.05) is 11.4 Å². The second-order valence-electron chi connectivity index (χ2n) is 4.78. The molecule has 102 valence electrons. The summed E-state index contributed by atoms with van der Waals surface area (Å²) in [7, 11) is 0. The Bertz CT molecular complexity index is 483. The molecule has 1 aromatic rings. The van der Waals surface area contributed by atoms with Crippen molar-refractivity contribution >= 4 is 29.2 Å². The maximum atomic E-state index is 12.4. The van der Waals surface area contributed by atoms with Crippen LogP contribution in [0.15, 0.2) is 24.3 Å². The Morgan fingerprint density at radius 3 is 2.58 bits per heavy atom. The van der Waals surface area contributed by atoms with Crippen LogP contribution < -0.4 is 4.90 Å². The molecule has 1 amide bonds. The lowest BCUT2D eigenvalue weighted by Gasteiger charge is -2.24. The highest BCUT2D eigenvalue weighted by Gasteiger charge is 2.29. The molecule has 0 atom stereocenters. The summed E-state index contributed by atoms with van der Waals surface area (Å²) in [6.45, 7) is -0.324. The molecule has 4 nitrogen and oxygen atoms in total. The summed E-state index contributed by atoms with van der Waals surface area (Å²) >= 11 is 5.90. The lowest BCUT2D eigenvalue weighted by atomic mass is 10.1. The number of carbonyl (C=O) groups is 2. The van der Waals surface area contributed by atoms with E-state index in [0.717, 1.165) is 25.7 Å². The number of aliphatic carboxylic acids is 1. The summed E-state index contributed by atoms with van der Waals surface area (Å²) in [6, 6.07) is 6.75. The molecule has 0 aromatic heterocycles. The maximum absolute atomic E-state index is 12.4. The summed E-state index contributed by atoms with van der Waals surface area (Å²) < 4.78 is 0. The van der Waals surface area contributed by atoms with E-state index < -0.39 is 5.97 Å². The number of halogens is 1. The van der Waals surface area contributed by atoms with Gasteiger partial charge in [-0.1, -0.05) is 30.5 Å². The topological polar surface area (TPSA) is 57.6 Å². The van der Waals surface area contributed by atoms with Crippen molar-refractivity contribution in [3.63, 3.8) is 0 Å². The van der Waals surface area contributed by atoms with E-state index in [4.69, 9.17) is 16.7 Å². The van der Waals surface area contributed by atoms with Crippen LogP contribution in [0.5, 0.6) is 0 Å². The molecule has 0 aliphatic heterocycles. The molecular weight excluding hydrogens is 266 g/mol. The van der Waals surface area contributed by atoms with Crippen LogP contribution in [0.4, 0.5) is 5.69 Å². The van der Waals surface area contributed by atoms with Gasteiger partial charge in [-0.3, -0.25) is 9.59 Å². The molecule has 0 bridgehead atoms. The van der Waals surface area contributed by atoms with E-state index in [9.17, 15) is 9.59 Å². The Hall–Kier alpha value is -1.55. The van der Waals surface area contributed by atoms with Crippen molar-refractivity contribution in [2.45, 2.75) is 25.7 Å². The molecule has 0 spiro atoms. The normalized spacial score (nSPS) is 15.4. The van der Waals surface area contributed by atoms with Crippen LogP contribution >= 0.6 is 11.6 Å². The van der Waals surface area contributed by atoms with E-state index in [1.807, 2.05) is 0 Å². The fourth-order valence-electron chi connectivity index (χ4n) is 2.47. The fourth-order valence-corrected chi connectivity index (χ4v) is 2.65. The van der Waals surface area contributed by atoms with Gasteiger partial charge in [0.1, 0.15) is 6.54 Å². The Kier molecular flexibility index (Phi) is 4.43. The molecule has 1 fully saturated rings. The van der Waals surface area contributed by atoms with E-state index in [1.54, 1.807) is 24.3 Å². The lowest BCUT2D eigenvalue weighted by Crippen LogP contribution is -2.39. The van der Waals surface area contributed by atoms with Crippen LogP contribution in [0.25, 0.3) is 0 Å². The monoisotopic (exact) mass is 281 g/mol. The van der Waals surface area contributed by atoms with Crippen molar-refractivity contribution < 1.29 is 14.7 Å². The number of nitrogens with zero attached hydrogens (tertiary/aromatic N) is 1. The third kappa shape index (κ3) is 3.47. The van der Waals surface area contributed by atoms with Gasteiger partial charge in [-0.25, -0.2) is 0 Å². The molecule has 0 heterocycles. The van der Waals surface area contributed by atoms with E-state index in [-0.39, 0.29) is 18.4 Å². The van der Waals surface area contributed by atoms with Crippen molar-refractivity contribution in [3.05, 3.63) is 29.3 Å². The highest BCUT2D eigenvalue weighted by Crippen LogP contribution is 2.29. The predicted octanol–water partition coefficient (Wildman–Crippen LogP) is 2.95. The van der Waals surface area contributed by atoms with Gasteiger partial charge in [0, 0.05) is 16.6 Å². The molecular formula is C14H16ClNO3. The average Bonchev–Trinajstić information content (AvgIpc) is 2.88. The predicted molar refractivity (Wildman–Crippen MR) is 73.4 cm³/mol. The standard InChI is InChI=1S/C14H16ClNO3/c15-11-6-3-7-12(8-11)16(9-13(17)18)14(19)10-4-1-2-5-10/h3,6-8,10H,1-2,4-5,9H2,(H,17,18). The maximum Gasteiger partial charge on any atom is 0.323 e. The summed E-state index contributed by atoms with van der Waals surface area (Å²) in [5.41, 5.74) is 0.548. The van der Waals surface area contributed by atoms with Crippen molar-refractivity contribution in [1.82, 2.24) is 0 Å². The number of rotatable bonds is 4. The first kappa shape index (κ1) is 13.9. The summed E-state index contributed by atoms with van der Waals surface area (Å²) in [5, 5.41) is 9.47. The highest BCUT2D eigenvalue weighted by atomic mass is 35.5. The molecule has 0 saturated heterocycles. The average molecular weight is 282 g/mol. The van der Waals surface area contributed by atoms with Crippen LogP contribution in [-0.4, -0.2) is 23.5 Å². The Balaban J connectivity index is 2.24. The van der Waals surface area contributed by atoms with Gasteiger partial charge in [0.25, 0.3) is 0 Å². The van der Waals surface area contributed by atoms with Gasteiger partial charge in [-0.15, -0.1) is 0 Å². The Labute approximate surface area is 117 Å². The van der Waals surface area contributed by atoms with Gasteiger partial charge in [-0.05, 0) is 31.0 Å². The number of carboxylic acid groups (broad SMARTS) is 1. The fraction of sp³-hybridized carbons (Fsp3) is 0.429. The van der Waals surface area contributed by atoms with E-state index in [0.29, 0.717) is 10.7 Å². The van der Waals surface area contributed by atoms with E-state index >= 15 is 0 Å². The minimum Gasteiger partial charge on any atom is -0.480 e. The second-order valence-corrected chi connectivity index (χ2v) is 5.22. The molecule has 0 radical (unpaired) electrons. The number of anilines is 1. The van der Waals surface area contributed by atoms with E-state index in [1.165, 1.54) is 4.90 Å². The third-order valence-electron chi connectivity index (χ3n) is 3.38. The van der Waals surface area contributed by atoms with E-state index in [2.05, 4.69) is 0 Å². The zero-order valence-electron chi connectivity index (χ0n) is 10.5. The van der Waals surface area contributed by atoms with Crippen LogP contribution in [0.2, 0.25) is 5.02 Å². The molecule has 2 rings (SSSR count). The number of carbonyl (C=O) groups excluding carboxylic acids is 1. The molecule has 19 heavy (non-hydrogen) atoms. The minimum absolute atomic E-state index is 0.0571. The number of hydrogen-bond acceptors (Lipinski definition) is 2. The smallest absolute Gasteiger partial charge is 0.323 e. The molecule has 0 unspecified atom stereocenters. The summed E-state index contributed by atoms with van der Waals surface area (Å²) in [5.74, 6) is -1.19. The lowest BCUT2D eigenvalue weighted by molar-refractivity contribution is -0.137. The number of benzene rings is 1. The van der Waals surface area contributed by atoms with Gasteiger partial charge < -0.3 is 10.0 Å². The number of carboxylic acids is 1. The first-order valence-corrected chi connectivity index (χ1v) is 6.74. The molecule has 1 N–H and O–H groups in total. The first-order valence-electron chi connectivity index (χ1n) is 6.36. The van der Waals surface area contributed by atoms with Crippen molar-refractivity contribution in [2.24, 2.45) is 5.92 Å². The first-order chi connectivity index (χ1) is 9.08. The number of hydrogen-bond donors (Lipinski definition) is 1. The van der Waals surface area contributed by atoms with Crippen molar-refractivity contribution in [3.8, 4) is 0 Å². The number of amides is 1. The van der Waals surface area contributed by atoms with Gasteiger partial charge in [-0.2, -0.15) is 0 Å². The van der Waals surface area contributed by atoms with Gasteiger partial charge in [0.15, 0.2) is 0 Å². The van der Waals surface area contributed by atoms with Crippen LogP contribution in [0.3, 0.4) is 0 Å². The summed E-state index contributed by atoms with van der Waals surface area (Å²) in [6.07, 6.45) is 3.75. The van der Waals surface area contributed by atoms with Crippen molar-refractivity contribution in [1.29, 1.82) is 0 Å². The highest BCUT2D eigenvalue weighted by molar-refractivity contribution is 6.31. The second kappa shape index (κ2) is 6.06. The molecule has 1 aliphatic carbocycles. The van der Waals surface area contributed by atoms with Gasteiger partial charge >= 0.3 is 5.97 Å². The zero-order chi connectivity index (χ0) is 13.8. The van der Waals surface area contributed by atoms with Gasteiger partial charge in [0.2, 0.25) is 5.91 Å². The largest absolute Gasteiger partial charge is 0.480 e. The quantitative estimate of drug-likeness (QED) is 0.923. The van der Waals surface area contributed by atoms with Crippen LogP contribution in [0.1, 0.15) is 25.7 Å².